The molecular formula is C13H11BrN4O. The summed E-state index contributed by atoms with van der Waals surface area (Å²) in [6.07, 6.45) is 0.738. The van der Waals surface area contributed by atoms with E-state index in [4.69, 9.17) is 14.9 Å². The average molecular weight is 319 g/mol. The van der Waals surface area contributed by atoms with Crippen molar-refractivity contribution in [2.24, 2.45) is 0 Å². The van der Waals surface area contributed by atoms with Crippen LogP contribution in [0.5, 0.6) is 0 Å². The predicted octanol–water partition coefficient (Wildman–Crippen LogP) is 3.22. The Bertz CT molecular complexity index is 635. The van der Waals surface area contributed by atoms with E-state index in [1.165, 1.54) is 0 Å². The minimum Gasteiger partial charge on any atom is -0.423 e. The Morgan fingerprint density at radius 3 is 2.53 bits per heavy atom. The van der Waals surface area contributed by atoms with Gasteiger partial charge in [0, 0.05) is 17.6 Å². The molecule has 0 aliphatic heterocycles. The highest BCUT2D eigenvalue weighted by molar-refractivity contribution is 9.10. The van der Waals surface area contributed by atoms with Crippen LogP contribution in [0.3, 0.4) is 0 Å². The second-order valence-electron chi connectivity index (χ2n) is 3.91. The van der Waals surface area contributed by atoms with Gasteiger partial charge in [-0.3, -0.25) is 0 Å². The zero-order valence-electron chi connectivity index (χ0n) is 10.1. The molecule has 0 saturated carbocycles. The molecule has 0 aliphatic rings. The van der Waals surface area contributed by atoms with E-state index in [2.05, 4.69) is 33.1 Å². The molecule has 2 rings (SSSR count). The predicted molar refractivity (Wildman–Crippen MR) is 74.4 cm³/mol. The Balaban J connectivity index is 2.27. The van der Waals surface area contributed by atoms with E-state index >= 15 is 0 Å². The minimum atomic E-state index is 0.369. The van der Waals surface area contributed by atoms with Crippen LogP contribution in [0.15, 0.2) is 27.1 Å². The van der Waals surface area contributed by atoms with Gasteiger partial charge in [0.15, 0.2) is 5.58 Å². The van der Waals surface area contributed by atoms with Crippen molar-refractivity contribution in [2.45, 2.75) is 12.8 Å². The Labute approximate surface area is 119 Å². The molecule has 0 aliphatic carbocycles. The summed E-state index contributed by atoms with van der Waals surface area (Å²) >= 11 is 3.38. The molecule has 0 spiro atoms. The van der Waals surface area contributed by atoms with Gasteiger partial charge in [-0.25, -0.2) is 0 Å². The number of anilines is 1. The topological polar surface area (TPSA) is 76.8 Å². The van der Waals surface area contributed by atoms with Crippen molar-refractivity contribution in [2.75, 3.05) is 18.0 Å². The van der Waals surface area contributed by atoms with Gasteiger partial charge in [-0.05, 0) is 18.2 Å². The lowest BCUT2D eigenvalue weighted by molar-refractivity contribution is 0.568. The maximum absolute atomic E-state index is 8.66. The first-order chi connectivity index (χ1) is 9.24. The second-order valence-corrected chi connectivity index (χ2v) is 4.83. The lowest BCUT2D eigenvalue weighted by Crippen LogP contribution is -2.25. The van der Waals surface area contributed by atoms with Crippen molar-refractivity contribution in [1.82, 2.24) is 4.98 Å². The number of nitriles is 2. The number of fused-ring (bicyclic) bond motifs is 1. The van der Waals surface area contributed by atoms with Crippen LogP contribution in [-0.2, 0) is 0 Å². The second kappa shape index (κ2) is 6.21. The molecule has 1 heterocycles. The van der Waals surface area contributed by atoms with E-state index in [0.717, 1.165) is 9.99 Å². The highest BCUT2D eigenvalue weighted by Gasteiger charge is 2.13. The maximum Gasteiger partial charge on any atom is 0.298 e. The van der Waals surface area contributed by atoms with Gasteiger partial charge in [0.25, 0.3) is 6.01 Å². The fourth-order valence-corrected chi connectivity index (χ4v) is 2.03. The van der Waals surface area contributed by atoms with Crippen molar-refractivity contribution >= 4 is 33.0 Å². The molecule has 6 heteroatoms. The standard InChI is InChI=1S/C13H11BrN4O/c14-10-3-4-11-12(9-10)19-13(17-11)18(7-1-5-15)8-2-6-16/h3-4,9H,1-2,7-8H2. The maximum atomic E-state index is 8.66. The molecule has 0 fully saturated rings. The number of hydrogen-bond acceptors (Lipinski definition) is 5. The molecule has 0 radical (unpaired) electrons. The Morgan fingerprint density at radius 1 is 1.21 bits per heavy atom. The minimum absolute atomic E-state index is 0.369. The van der Waals surface area contributed by atoms with Gasteiger partial charge < -0.3 is 9.32 Å². The van der Waals surface area contributed by atoms with Gasteiger partial charge in [0.05, 0.1) is 25.0 Å². The lowest BCUT2D eigenvalue weighted by Gasteiger charge is -2.17. The number of oxazole rings is 1. The molecular weight excluding hydrogens is 308 g/mol. The van der Waals surface area contributed by atoms with Gasteiger partial charge >= 0.3 is 0 Å². The summed E-state index contributed by atoms with van der Waals surface area (Å²) in [4.78, 5) is 6.20. The van der Waals surface area contributed by atoms with E-state index in [-0.39, 0.29) is 0 Å². The third kappa shape index (κ3) is 3.24. The van der Waals surface area contributed by atoms with Crippen molar-refractivity contribution in [3.8, 4) is 12.1 Å². The first kappa shape index (κ1) is 13.4. The Kier molecular flexibility index (Phi) is 4.38. The van der Waals surface area contributed by atoms with Crippen LogP contribution in [0.1, 0.15) is 12.8 Å². The van der Waals surface area contributed by atoms with Crippen LogP contribution in [0.4, 0.5) is 6.01 Å². The summed E-state index contributed by atoms with van der Waals surface area (Å²) in [6.45, 7) is 1.01. The normalized spacial score (nSPS) is 10.1. The highest BCUT2D eigenvalue weighted by atomic mass is 79.9. The molecule has 1 aromatic carbocycles. The van der Waals surface area contributed by atoms with E-state index in [1.807, 2.05) is 23.1 Å². The molecule has 0 N–H and O–H groups in total. The van der Waals surface area contributed by atoms with Crippen molar-refractivity contribution in [1.29, 1.82) is 10.5 Å². The van der Waals surface area contributed by atoms with Crippen LogP contribution in [0.25, 0.3) is 11.1 Å². The molecule has 0 unspecified atom stereocenters. The summed E-state index contributed by atoms with van der Waals surface area (Å²) in [5.41, 5.74) is 1.44. The Morgan fingerprint density at radius 2 is 1.89 bits per heavy atom. The van der Waals surface area contributed by atoms with Crippen molar-refractivity contribution < 1.29 is 4.42 Å². The van der Waals surface area contributed by atoms with Gasteiger partial charge in [0.1, 0.15) is 5.52 Å². The molecule has 19 heavy (non-hydrogen) atoms. The molecule has 0 atom stereocenters. The highest BCUT2D eigenvalue weighted by Crippen LogP contribution is 2.25. The smallest absolute Gasteiger partial charge is 0.298 e. The van der Waals surface area contributed by atoms with Crippen LogP contribution in [0, 0.1) is 22.7 Å². The van der Waals surface area contributed by atoms with E-state index in [9.17, 15) is 0 Å². The van der Waals surface area contributed by atoms with Gasteiger partial charge in [-0.1, -0.05) is 15.9 Å². The monoisotopic (exact) mass is 318 g/mol. The zero-order valence-corrected chi connectivity index (χ0v) is 11.7. The number of halogens is 1. The lowest BCUT2D eigenvalue weighted by atomic mass is 10.3. The molecule has 96 valence electrons. The van der Waals surface area contributed by atoms with Gasteiger partial charge in [-0.15, -0.1) is 0 Å². The summed E-state index contributed by atoms with van der Waals surface area (Å²) < 4.78 is 6.59. The number of aromatic nitrogens is 1. The number of benzene rings is 1. The molecule has 0 saturated heterocycles. The zero-order chi connectivity index (χ0) is 13.7. The third-order valence-corrected chi connectivity index (χ3v) is 3.09. The molecule has 0 bridgehead atoms. The number of hydrogen-bond donors (Lipinski definition) is 0. The first-order valence-electron chi connectivity index (χ1n) is 5.79. The van der Waals surface area contributed by atoms with Crippen LogP contribution in [0.2, 0.25) is 0 Å². The van der Waals surface area contributed by atoms with Crippen LogP contribution >= 0.6 is 15.9 Å². The van der Waals surface area contributed by atoms with E-state index in [1.54, 1.807) is 0 Å². The quantitative estimate of drug-likeness (QED) is 0.845. The van der Waals surface area contributed by atoms with Gasteiger partial charge in [-0.2, -0.15) is 15.5 Å². The first-order valence-corrected chi connectivity index (χ1v) is 6.59. The van der Waals surface area contributed by atoms with Gasteiger partial charge in [0.2, 0.25) is 0 Å². The molecule has 0 amide bonds. The number of rotatable bonds is 5. The van der Waals surface area contributed by atoms with Crippen LogP contribution in [-0.4, -0.2) is 18.1 Å². The largest absolute Gasteiger partial charge is 0.423 e. The Hall–Kier alpha value is -2.05. The fourth-order valence-electron chi connectivity index (χ4n) is 1.69. The molecule has 1 aromatic heterocycles. The average Bonchev–Trinajstić information content (AvgIpc) is 2.81. The van der Waals surface area contributed by atoms with E-state index < -0.39 is 0 Å². The fraction of sp³-hybridized carbons (Fsp3) is 0.308. The van der Waals surface area contributed by atoms with Crippen LogP contribution < -0.4 is 4.90 Å². The number of nitrogens with zero attached hydrogens (tertiary/aromatic N) is 4. The summed E-state index contributed by atoms with van der Waals surface area (Å²) in [5.74, 6) is 0. The van der Waals surface area contributed by atoms with E-state index in [0.29, 0.717) is 37.5 Å². The summed E-state index contributed by atoms with van der Waals surface area (Å²) in [5, 5.41) is 17.3. The third-order valence-electron chi connectivity index (χ3n) is 2.60. The van der Waals surface area contributed by atoms with Crippen molar-refractivity contribution in [3.05, 3.63) is 22.7 Å². The summed E-state index contributed by atoms with van der Waals surface area (Å²) in [6, 6.07) is 10.2. The molecule has 2 aromatic rings. The SMILES string of the molecule is N#CCCN(CCC#N)c1nc2ccc(Br)cc2o1. The van der Waals surface area contributed by atoms with Crippen molar-refractivity contribution in [3.63, 3.8) is 0 Å². The summed E-state index contributed by atoms with van der Waals surface area (Å²) in [7, 11) is 0. The molecule has 5 nitrogen and oxygen atoms in total.